The predicted octanol–water partition coefficient (Wildman–Crippen LogP) is 3.46. The predicted molar refractivity (Wildman–Crippen MR) is 94.1 cm³/mol. The van der Waals surface area contributed by atoms with Crippen molar-refractivity contribution in [1.82, 2.24) is 10.9 Å². The van der Waals surface area contributed by atoms with Crippen molar-refractivity contribution in [3.63, 3.8) is 0 Å². The lowest BCUT2D eigenvalue weighted by atomic mass is 10.2. The second-order valence-corrected chi connectivity index (χ2v) is 6.82. The molecule has 0 aliphatic heterocycles. The van der Waals surface area contributed by atoms with Gasteiger partial charge in [0.1, 0.15) is 5.75 Å². The molecule has 0 radical (unpaired) electrons. The minimum absolute atomic E-state index is 0.321. The van der Waals surface area contributed by atoms with E-state index in [1.165, 1.54) is 16.2 Å². The Hall–Kier alpha value is -1.86. The fourth-order valence-corrected chi connectivity index (χ4v) is 3.59. The van der Waals surface area contributed by atoms with E-state index in [0.717, 1.165) is 12.0 Å². The summed E-state index contributed by atoms with van der Waals surface area (Å²) in [5.74, 6) is -0.0869. The quantitative estimate of drug-likeness (QED) is 0.777. The number of hydrazine groups is 1. The molecular weight excluding hydrogens is 380 g/mol. The molecule has 2 rings (SSSR count). The third-order valence-corrected chi connectivity index (χ3v) is 5.27. The van der Waals surface area contributed by atoms with Gasteiger partial charge in [0.2, 0.25) is 0 Å². The number of methoxy groups -OCH3 is 1. The van der Waals surface area contributed by atoms with Crippen LogP contribution in [0.1, 0.15) is 37.4 Å². The summed E-state index contributed by atoms with van der Waals surface area (Å²) in [4.78, 5) is 25.9. The van der Waals surface area contributed by atoms with Gasteiger partial charge in [-0.3, -0.25) is 20.4 Å². The van der Waals surface area contributed by atoms with E-state index < -0.39 is 5.91 Å². The molecule has 0 saturated carbocycles. The van der Waals surface area contributed by atoms with Crippen molar-refractivity contribution in [1.29, 1.82) is 0 Å². The Kier molecular flexibility index (Phi) is 5.79. The molecule has 0 saturated heterocycles. The van der Waals surface area contributed by atoms with Gasteiger partial charge in [0.25, 0.3) is 11.8 Å². The van der Waals surface area contributed by atoms with Gasteiger partial charge in [-0.2, -0.15) is 0 Å². The van der Waals surface area contributed by atoms with Crippen LogP contribution in [-0.2, 0) is 6.42 Å². The summed E-state index contributed by atoms with van der Waals surface area (Å²) < 4.78 is 5.78. The molecule has 1 aromatic carbocycles. The maximum Gasteiger partial charge on any atom is 0.279 e. The number of nitrogens with one attached hydrogen (secondary N) is 2. The normalized spacial score (nSPS) is 10.3. The highest BCUT2D eigenvalue weighted by Crippen LogP contribution is 2.25. The molecule has 0 atom stereocenters. The minimum Gasteiger partial charge on any atom is -0.496 e. The van der Waals surface area contributed by atoms with Crippen LogP contribution in [0.3, 0.4) is 0 Å². The van der Waals surface area contributed by atoms with Gasteiger partial charge in [0.05, 0.1) is 16.5 Å². The fourth-order valence-electron chi connectivity index (χ4n) is 2.04. The van der Waals surface area contributed by atoms with Gasteiger partial charge >= 0.3 is 0 Å². The number of thiophene rings is 1. The Bertz CT molecular complexity index is 743. The van der Waals surface area contributed by atoms with Gasteiger partial charge in [0, 0.05) is 10.4 Å². The molecule has 0 spiro atoms. The molecule has 1 heterocycles. The lowest BCUT2D eigenvalue weighted by molar-refractivity contribution is 0.0849. The number of benzene rings is 1. The molecule has 0 fully saturated rings. The number of aryl methyl sites for hydroxylation is 2. The molecule has 2 amide bonds. The third kappa shape index (κ3) is 4.11. The van der Waals surface area contributed by atoms with Crippen LogP contribution in [0.25, 0.3) is 0 Å². The van der Waals surface area contributed by atoms with Crippen LogP contribution in [0, 0.1) is 6.92 Å². The van der Waals surface area contributed by atoms with Crippen molar-refractivity contribution in [3.8, 4) is 5.75 Å². The number of amides is 2. The van der Waals surface area contributed by atoms with Crippen molar-refractivity contribution < 1.29 is 14.3 Å². The van der Waals surface area contributed by atoms with Crippen LogP contribution in [0.5, 0.6) is 5.75 Å². The van der Waals surface area contributed by atoms with E-state index in [4.69, 9.17) is 4.74 Å². The molecule has 5 nitrogen and oxygen atoms in total. The molecule has 2 aromatic rings. The number of carbonyl (C=O) groups is 2. The Morgan fingerprint density at radius 3 is 2.48 bits per heavy atom. The van der Waals surface area contributed by atoms with Crippen LogP contribution in [0.4, 0.5) is 0 Å². The zero-order valence-corrected chi connectivity index (χ0v) is 15.4. The Morgan fingerprint density at radius 2 is 1.91 bits per heavy atom. The van der Waals surface area contributed by atoms with Crippen molar-refractivity contribution in [2.45, 2.75) is 20.3 Å². The molecule has 0 aliphatic carbocycles. The molecule has 23 heavy (non-hydrogen) atoms. The minimum atomic E-state index is -0.398. The van der Waals surface area contributed by atoms with Crippen LogP contribution >= 0.6 is 27.3 Å². The van der Waals surface area contributed by atoms with E-state index in [1.54, 1.807) is 25.3 Å². The van der Waals surface area contributed by atoms with E-state index in [2.05, 4.69) is 26.8 Å². The molecule has 2 N–H and O–H groups in total. The Labute approximate surface area is 147 Å². The monoisotopic (exact) mass is 396 g/mol. The van der Waals surface area contributed by atoms with Gasteiger partial charge in [-0.15, -0.1) is 11.3 Å². The number of hydrogen-bond donors (Lipinski definition) is 2. The maximum atomic E-state index is 12.1. The molecule has 122 valence electrons. The summed E-state index contributed by atoms with van der Waals surface area (Å²) in [5.41, 5.74) is 6.35. The van der Waals surface area contributed by atoms with Gasteiger partial charge in [-0.1, -0.05) is 6.92 Å². The Balaban J connectivity index is 2.00. The van der Waals surface area contributed by atoms with E-state index >= 15 is 0 Å². The molecule has 0 aliphatic rings. The lowest BCUT2D eigenvalue weighted by Gasteiger charge is -2.08. The highest BCUT2D eigenvalue weighted by atomic mass is 79.9. The number of rotatable bonds is 4. The molecule has 0 bridgehead atoms. The smallest absolute Gasteiger partial charge is 0.279 e. The highest BCUT2D eigenvalue weighted by molar-refractivity contribution is 9.10. The third-order valence-electron chi connectivity index (χ3n) is 3.27. The van der Waals surface area contributed by atoms with Gasteiger partial charge in [-0.05, 0) is 59.1 Å². The molecule has 1 aromatic heterocycles. The van der Waals surface area contributed by atoms with Crippen LogP contribution in [-0.4, -0.2) is 18.9 Å². The van der Waals surface area contributed by atoms with Crippen LogP contribution < -0.4 is 15.6 Å². The first-order valence-corrected chi connectivity index (χ1v) is 8.60. The van der Waals surface area contributed by atoms with E-state index in [0.29, 0.717) is 20.7 Å². The first-order valence-electron chi connectivity index (χ1n) is 6.99. The van der Waals surface area contributed by atoms with E-state index in [1.807, 2.05) is 19.9 Å². The van der Waals surface area contributed by atoms with Gasteiger partial charge < -0.3 is 4.74 Å². The maximum absolute atomic E-state index is 12.1. The Morgan fingerprint density at radius 1 is 1.22 bits per heavy atom. The summed E-state index contributed by atoms with van der Waals surface area (Å²) in [5, 5.41) is 0. The largest absolute Gasteiger partial charge is 0.496 e. The lowest BCUT2D eigenvalue weighted by Crippen LogP contribution is -2.41. The van der Waals surface area contributed by atoms with E-state index in [9.17, 15) is 9.59 Å². The summed E-state index contributed by atoms with van der Waals surface area (Å²) in [6.45, 7) is 4.02. The van der Waals surface area contributed by atoms with Gasteiger partial charge in [-0.25, -0.2) is 0 Å². The van der Waals surface area contributed by atoms with Crippen molar-refractivity contribution >= 4 is 39.1 Å². The summed E-state index contributed by atoms with van der Waals surface area (Å²) >= 11 is 4.76. The zero-order valence-electron chi connectivity index (χ0n) is 13.0. The van der Waals surface area contributed by atoms with Crippen molar-refractivity contribution in [3.05, 3.63) is 49.6 Å². The first kappa shape index (κ1) is 17.5. The summed E-state index contributed by atoms with van der Waals surface area (Å²) in [6.07, 6.45) is 0.885. The van der Waals surface area contributed by atoms with Crippen LogP contribution in [0.2, 0.25) is 0 Å². The SMILES string of the molecule is CCc1sc(C(=O)NNC(=O)c2ccc(OC)c(Br)c2)cc1C. The zero-order chi connectivity index (χ0) is 17.0. The standard InChI is InChI=1S/C16H17BrN2O3S/c1-4-13-9(2)7-14(23-13)16(21)19-18-15(20)10-5-6-12(22-3)11(17)8-10/h5-8H,4H2,1-3H3,(H,18,20)(H,19,21). The van der Waals surface area contributed by atoms with Crippen molar-refractivity contribution in [2.75, 3.05) is 7.11 Å². The summed E-state index contributed by atoms with van der Waals surface area (Å²) in [7, 11) is 1.55. The topological polar surface area (TPSA) is 67.4 Å². The second kappa shape index (κ2) is 7.61. The van der Waals surface area contributed by atoms with E-state index in [-0.39, 0.29) is 5.91 Å². The van der Waals surface area contributed by atoms with Gasteiger partial charge in [0.15, 0.2) is 0 Å². The summed E-state index contributed by atoms with van der Waals surface area (Å²) in [6, 6.07) is 6.76. The average Bonchev–Trinajstić information content (AvgIpc) is 2.93. The molecule has 7 heteroatoms. The molecule has 0 unspecified atom stereocenters. The van der Waals surface area contributed by atoms with Crippen LogP contribution in [0.15, 0.2) is 28.7 Å². The second-order valence-electron chi connectivity index (χ2n) is 4.83. The molecular formula is C16H17BrN2O3S. The highest BCUT2D eigenvalue weighted by Gasteiger charge is 2.14. The van der Waals surface area contributed by atoms with Crippen molar-refractivity contribution in [2.24, 2.45) is 0 Å². The first-order chi connectivity index (χ1) is 11.0. The average molecular weight is 397 g/mol. The number of hydrogen-bond acceptors (Lipinski definition) is 4. The number of carbonyl (C=O) groups excluding carboxylic acids is 2. The fraction of sp³-hybridized carbons (Fsp3) is 0.250. The number of ether oxygens (including phenoxy) is 1. The number of halogens is 1.